The monoisotopic (exact) mass is 464 g/mol. The summed E-state index contributed by atoms with van der Waals surface area (Å²) in [6.45, 7) is 1.05. The van der Waals surface area contributed by atoms with Gasteiger partial charge in [0.1, 0.15) is 30.0 Å². The molecule has 14 heteroatoms. The third kappa shape index (κ3) is 3.77. The second-order valence-electron chi connectivity index (χ2n) is 7.07. The van der Waals surface area contributed by atoms with Crippen LogP contribution in [0.2, 0.25) is 0 Å². The van der Waals surface area contributed by atoms with Crippen LogP contribution < -0.4 is 5.69 Å². The lowest BCUT2D eigenvalue weighted by Crippen LogP contribution is -2.48. The van der Waals surface area contributed by atoms with Crippen LogP contribution in [0.1, 0.15) is 18.2 Å². The second-order valence-corrected chi connectivity index (χ2v) is 7.07. The zero-order chi connectivity index (χ0) is 23.8. The number of benzene rings is 1. The second kappa shape index (κ2) is 8.20. The van der Waals surface area contributed by atoms with Gasteiger partial charge in [-0.05, 0) is 41.6 Å². The molecule has 1 unspecified atom stereocenters. The van der Waals surface area contributed by atoms with Crippen LogP contribution in [0.15, 0.2) is 54.0 Å². The van der Waals surface area contributed by atoms with Crippen molar-refractivity contribution in [3.05, 3.63) is 82.6 Å². The number of hydrogen-bond acceptors (Lipinski definition) is 7. The average molecular weight is 464 g/mol. The van der Waals surface area contributed by atoms with Gasteiger partial charge in [-0.3, -0.25) is 4.98 Å². The van der Waals surface area contributed by atoms with Crippen LogP contribution in [0.25, 0.3) is 5.69 Å². The van der Waals surface area contributed by atoms with E-state index >= 15 is 8.78 Å². The van der Waals surface area contributed by atoms with Gasteiger partial charge in [0.25, 0.3) is 0 Å². The Morgan fingerprint density at radius 2 is 1.91 bits per heavy atom. The summed E-state index contributed by atoms with van der Waals surface area (Å²) in [5, 5.41) is 25.1. The number of aryl methyl sites for hydroxylation is 1. The van der Waals surface area contributed by atoms with Crippen LogP contribution in [-0.2, 0) is 24.6 Å². The summed E-state index contributed by atoms with van der Waals surface area (Å²) in [5.41, 5.74) is -5.41. The molecule has 10 nitrogen and oxygen atoms in total. The first kappa shape index (κ1) is 22.3. The summed E-state index contributed by atoms with van der Waals surface area (Å²) in [5.74, 6) is -6.60. The molecule has 4 aromatic rings. The molecule has 0 bridgehead atoms. The highest BCUT2D eigenvalue weighted by molar-refractivity contribution is 5.34. The van der Waals surface area contributed by atoms with Crippen LogP contribution in [0, 0.1) is 11.6 Å². The van der Waals surface area contributed by atoms with Gasteiger partial charge in [0, 0.05) is 18.2 Å². The Kier molecular flexibility index (Phi) is 5.53. The van der Waals surface area contributed by atoms with E-state index in [4.69, 9.17) is 0 Å². The highest BCUT2D eigenvalue weighted by Gasteiger charge is 2.58. The fourth-order valence-electron chi connectivity index (χ4n) is 3.32. The summed E-state index contributed by atoms with van der Waals surface area (Å²) in [6, 6.07) is 3.91. The molecule has 0 amide bonds. The Morgan fingerprint density at radius 3 is 2.48 bits per heavy atom. The van der Waals surface area contributed by atoms with Gasteiger partial charge >= 0.3 is 11.6 Å². The molecular weight excluding hydrogens is 448 g/mol. The molecule has 172 valence electrons. The minimum atomic E-state index is -4.20. The van der Waals surface area contributed by atoms with E-state index in [1.165, 1.54) is 12.4 Å². The fourth-order valence-corrected chi connectivity index (χ4v) is 3.32. The minimum Gasteiger partial charge on any atom is -0.377 e. The molecule has 0 fully saturated rings. The van der Waals surface area contributed by atoms with Crippen molar-refractivity contribution in [2.24, 2.45) is 0 Å². The molecule has 0 saturated heterocycles. The number of pyridine rings is 1. The summed E-state index contributed by atoms with van der Waals surface area (Å²) in [7, 11) is 0. The summed E-state index contributed by atoms with van der Waals surface area (Å²) >= 11 is 0. The number of rotatable bonds is 7. The number of halogens is 4. The highest BCUT2D eigenvalue weighted by Crippen LogP contribution is 2.46. The van der Waals surface area contributed by atoms with Gasteiger partial charge in [0.15, 0.2) is 5.60 Å². The number of aliphatic hydroxyl groups is 1. The average Bonchev–Trinajstić information content (AvgIpc) is 3.42. The molecule has 1 aromatic carbocycles. The van der Waals surface area contributed by atoms with Crippen molar-refractivity contribution in [1.82, 2.24) is 39.5 Å². The lowest BCUT2D eigenvalue weighted by Gasteiger charge is -2.35. The number of hydrogen-bond donors (Lipinski definition) is 1. The van der Waals surface area contributed by atoms with Gasteiger partial charge in [-0.15, -0.1) is 5.10 Å². The SMILES string of the molecule is CCn1ncn(-c2ccc(C(F)(F)C(O)(Cn3cnnn3)c3ccc(F)cc3F)nc2)c1=O. The van der Waals surface area contributed by atoms with Crippen molar-refractivity contribution < 1.29 is 22.7 Å². The van der Waals surface area contributed by atoms with Crippen LogP contribution in [0.4, 0.5) is 17.6 Å². The molecule has 1 N–H and O–H groups in total. The molecule has 0 aliphatic rings. The molecule has 33 heavy (non-hydrogen) atoms. The third-order valence-corrected chi connectivity index (χ3v) is 5.06. The Hall–Kier alpha value is -3.94. The number of nitrogens with zero attached hydrogens (tertiary/aromatic N) is 8. The van der Waals surface area contributed by atoms with E-state index in [2.05, 4.69) is 25.6 Å². The van der Waals surface area contributed by atoms with Crippen molar-refractivity contribution in [3.8, 4) is 5.69 Å². The fraction of sp³-hybridized carbons (Fsp3) is 0.263. The number of tetrazole rings is 1. The maximum atomic E-state index is 15.7. The van der Waals surface area contributed by atoms with Crippen molar-refractivity contribution in [3.63, 3.8) is 0 Å². The van der Waals surface area contributed by atoms with Crippen molar-refractivity contribution in [2.75, 3.05) is 0 Å². The molecule has 0 saturated carbocycles. The maximum absolute atomic E-state index is 15.7. The quantitative estimate of drug-likeness (QED) is 0.411. The summed E-state index contributed by atoms with van der Waals surface area (Å²) in [4.78, 5) is 15.9. The Labute approximate surface area is 182 Å². The number of alkyl halides is 2. The molecule has 0 aliphatic carbocycles. The van der Waals surface area contributed by atoms with Gasteiger partial charge < -0.3 is 5.11 Å². The van der Waals surface area contributed by atoms with Gasteiger partial charge in [-0.25, -0.2) is 27.5 Å². The smallest absolute Gasteiger partial charge is 0.350 e. The zero-order valence-electron chi connectivity index (χ0n) is 17.0. The highest BCUT2D eigenvalue weighted by atomic mass is 19.3. The van der Waals surface area contributed by atoms with Crippen LogP contribution in [0.3, 0.4) is 0 Å². The predicted octanol–water partition coefficient (Wildman–Crippen LogP) is 1.39. The van der Waals surface area contributed by atoms with Gasteiger partial charge in [-0.2, -0.15) is 13.9 Å². The first-order valence-corrected chi connectivity index (χ1v) is 9.55. The van der Waals surface area contributed by atoms with Gasteiger partial charge in [-0.1, -0.05) is 0 Å². The van der Waals surface area contributed by atoms with Crippen LogP contribution in [-0.4, -0.2) is 44.6 Å². The summed E-state index contributed by atoms with van der Waals surface area (Å²) in [6.07, 6.45) is 3.16. The molecule has 0 radical (unpaired) electrons. The molecular formula is C19H16F4N8O2. The lowest BCUT2D eigenvalue weighted by molar-refractivity contribution is -0.207. The lowest BCUT2D eigenvalue weighted by atomic mass is 9.84. The van der Waals surface area contributed by atoms with E-state index in [0.29, 0.717) is 12.6 Å². The van der Waals surface area contributed by atoms with E-state index in [9.17, 15) is 18.7 Å². The topological polar surface area (TPSA) is 117 Å². The predicted molar refractivity (Wildman–Crippen MR) is 103 cm³/mol. The maximum Gasteiger partial charge on any atom is 0.350 e. The zero-order valence-corrected chi connectivity index (χ0v) is 17.0. The van der Waals surface area contributed by atoms with Crippen molar-refractivity contribution >= 4 is 0 Å². The van der Waals surface area contributed by atoms with Gasteiger partial charge in [0.2, 0.25) is 0 Å². The first-order chi connectivity index (χ1) is 15.7. The Bertz CT molecular complexity index is 1320. The molecule has 0 aliphatic heterocycles. The molecule has 3 heterocycles. The van der Waals surface area contributed by atoms with Crippen molar-refractivity contribution in [2.45, 2.75) is 31.5 Å². The normalized spacial score (nSPS) is 13.8. The molecule has 4 rings (SSSR count). The third-order valence-electron chi connectivity index (χ3n) is 5.06. The minimum absolute atomic E-state index is 0.149. The Morgan fingerprint density at radius 1 is 1.12 bits per heavy atom. The van der Waals surface area contributed by atoms with E-state index in [1.54, 1.807) is 6.92 Å². The van der Waals surface area contributed by atoms with E-state index in [-0.39, 0.29) is 5.69 Å². The number of aromatic nitrogens is 8. The Balaban J connectivity index is 1.79. The molecule has 1 atom stereocenters. The van der Waals surface area contributed by atoms with Crippen molar-refractivity contribution in [1.29, 1.82) is 0 Å². The van der Waals surface area contributed by atoms with E-state index < -0.39 is 46.6 Å². The largest absolute Gasteiger partial charge is 0.377 e. The standard InChI is InChI=1S/C19H16F4N8O2/c1-2-31-17(32)30(11-26-31)13-4-6-16(24-8-13)19(22,23)18(33,9-29-10-25-27-28-29)14-5-3-12(20)7-15(14)21/h3-8,10-11,33H,2,9H2,1H3. The summed E-state index contributed by atoms with van der Waals surface area (Å²) < 4.78 is 62.4. The van der Waals surface area contributed by atoms with E-state index in [0.717, 1.165) is 44.7 Å². The molecule has 0 spiro atoms. The first-order valence-electron chi connectivity index (χ1n) is 9.55. The molecule has 3 aromatic heterocycles. The van der Waals surface area contributed by atoms with Gasteiger partial charge in [0.05, 0.1) is 18.4 Å². The van der Waals surface area contributed by atoms with E-state index in [1.807, 2.05) is 0 Å². The van der Waals surface area contributed by atoms with Crippen LogP contribution in [0.5, 0.6) is 0 Å². The van der Waals surface area contributed by atoms with Crippen LogP contribution >= 0.6 is 0 Å².